The molecule has 1 aliphatic heterocycles. The average Bonchev–Trinajstić information content (AvgIpc) is 2.64. The number of ether oxygens (including phenoxy) is 2. The SMILES string of the molecule is CC1(C)OCC(O)(c2nc[c]s2)CO1. The minimum absolute atomic E-state index is 0.210. The lowest BCUT2D eigenvalue weighted by molar-refractivity contribution is -0.304. The molecule has 4 nitrogen and oxygen atoms in total. The number of thiazole rings is 1. The van der Waals surface area contributed by atoms with E-state index in [2.05, 4.69) is 10.4 Å². The van der Waals surface area contributed by atoms with Crippen LogP contribution in [0, 0.1) is 5.38 Å². The zero-order chi connectivity index (χ0) is 10.2. The second-order valence-electron chi connectivity index (χ2n) is 3.79. The van der Waals surface area contributed by atoms with Gasteiger partial charge in [0.05, 0.1) is 18.6 Å². The molecule has 2 rings (SSSR count). The molecule has 1 aromatic rings. The van der Waals surface area contributed by atoms with E-state index in [0.717, 1.165) is 0 Å². The van der Waals surface area contributed by atoms with Crippen LogP contribution in [0.3, 0.4) is 0 Å². The highest BCUT2D eigenvalue weighted by atomic mass is 32.1. The van der Waals surface area contributed by atoms with E-state index in [4.69, 9.17) is 9.47 Å². The second-order valence-corrected chi connectivity index (χ2v) is 4.62. The number of hydrogen-bond donors (Lipinski definition) is 1. The molecule has 0 saturated carbocycles. The van der Waals surface area contributed by atoms with Crippen LogP contribution >= 0.6 is 11.3 Å². The van der Waals surface area contributed by atoms with E-state index in [9.17, 15) is 5.11 Å². The Labute approximate surface area is 86.5 Å². The Morgan fingerprint density at radius 2 is 2.14 bits per heavy atom. The third-order valence-electron chi connectivity index (χ3n) is 2.11. The number of hydrogen-bond acceptors (Lipinski definition) is 5. The van der Waals surface area contributed by atoms with Crippen molar-refractivity contribution in [2.75, 3.05) is 13.2 Å². The maximum atomic E-state index is 10.1. The van der Waals surface area contributed by atoms with Crippen molar-refractivity contribution >= 4 is 11.3 Å². The first-order chi connectivity index (χ1) is 6.52. The first-order valence-corrected chi connectivity index (χ1v) is 5.16. The number of aliphatic hydroxyl groups is 1. The Balaban J connectivity index is 2.13. The summed E-state index contributed by atoms with van der Waals surface area (Å²) in [6.45, 7) is 4.06. The van der Waals surface area contributed by atoms with Gasteiger partial charge in [-0.05, 0) is 13.8 Å². The van der Waals surface area contributed by atoms with Gasteiger partial charge >= 0.3 is 0 Å². The van der Waals surface area contributed by atoms with E-state index in [1.165, 1.54) is 17.5 Å². The standard InChI is InChI=1S/C9H12NO3S/c1-8(2)12-5-9(11,6-13-8)7-10-3-4-14-7/h3,11H,5-6H2,1-2H3. The predicted octanol–water partition coefficient (Wildman–Crippen LogP) is 0.914. The molecule has 2 heterocycles. The van der Waals surface area contributed by atoms with Crippen LogP contribution in [0.1, 0.15) is 18.9 Å². The van der Waals surface area contributed by atoms with Gasteiger partial charge in [-0.25, -0.2) is 4.98 Å². The molecule has 0 aromatic carbocycles. The molecular formula is C9H12NO3S. The Morgan fingerprint density at radius 1 is 1.50 bits per heavy atom. The van der Waals surface area contributed by atoms with Gasteiger partial charge in [0, 0.05) is 6.20 Å². The maximum absolute atomic E-state index is 10.1. The summed E-state index contributed by atoms with van der Waals surface area (Å²) in [5.41, 5.74) is -1.11. The van der Waals surface area contributed by atoms with Crippen LogP contribution in [0.25, 0.3) is 0 Å². The highest BCUT2D eigenvalue weighted by Crippen LogP contribution is 2.31. The van der Waals surface area contributed by atoms with Gasteiger partial charge in [-0.2, -0.15) is 0 Å². The average molecular weight is 214 g/mol. The molecule has 0 amide bonds. The molecule has 1 saturated heterocycles. The van der Waals surface area contributed by atoms with Crippen molar-refractivity contribution in [2.45, 2.75) is 25.2 Å². The Morgan fingerprint density at radius 3 is 2.64 bits per heavy atom. The van der Waals surface area contributed by atoms with Gasteiger partial charge in [0.1, 0.15) is 5.01 Å². The van der Waals surface area contributed by atoms with Crippen molar-refractivity contribution in [3.63, 3.8) is 0 Å². The molecule has 14 heavy (non-hydrogen) atoms. The van der Waals surface area contributed by atoms with Gasteiger partial charge in [-0.1, -0.05) is 0 Å². The summed E-state index contributed by atoms with van der Waals surface area (Å²) >= 11 is 1.28. The van der Waals surface area contributed by atoms with E-state index in [-0.39, 0.29) is 13.2 Å². The molecule has 1 radical (unpaired) electrons. The summed E-state index contributed by atoms with van der Waals surface area (Å²) in [4.78, 5) is 4.01. The minimum atomic E-state index is -1.11. The second kappa shape index (κ2) is 3.27. The third kappa shape index (κ3) is 1.81. The molecule has 0 unspecified atom stereocenters. The monoisotopic (exact) mass is 214 g/mol. The van der Waals surface area contributed by atoms with Crippen LogP contribution in [0.2, 0.25) is 0 Å². The van der Waals surface area contributed by atoms with Gasteiger partial charge in [-0.3, -0.25) is 0 Å². The Hall–Kier alpha value is -0.490. The Bertz CT molecular complexity index is 300. The van der Waals surface area contributed by atoms with Crippen molar-refractivity contribution in [1.29, 1.82) is 0 Å². The van der Waals surface area contributed by atoms with Crippen molar-refractivity contribution in [2.24, 2.45) is 0 Å². The van der Waals surface area contributed by atoms with E-state index < -0.39 is 11.4 Å². The third-order valence-corrected chi connectivity index (χ3v) is 3.01. The predicted molar refractivity (Wildman–Crippen MR) is 50.8 cm³/mol. The van der Waals surface area contributed by atoms with Crippen molar-refractivity contribution in [3.8, 4) is 0 Å². The lowest BCUT2D eigenvalue weighted by atomic mass is 10.1. The van der Waals surface area contributed by atoms with Crippen LogP contribution < -0.4 is 0 Å². The topological polar surface area (TPSA) is 51.6 Å². The van der Waals surface area contributed by atoms with E-state index in [1.807, 2.05) is 13.8 Å². The molecule has 1 fully saturated rings. The first kappa shape index (κ1) is 10.0. The van der Waals surface area contributed by atoms with Crippen LogP contribution in [0.5, 0.6) is 0 Å². The fraction of sp³-hybridized carbons (Fsp3) is 0.667. The maximum Gasteiger partial charge on any atom is 0.163 e. The zero-order valence-corrected chi connectivity index (χ0v) is 8.93. The van der Waals surface area contributed by atoms with Crippen molar-refractivity contribution < 1.29 is 14.6 Å². The summed E-state index contributed by atoms with van der Waals surface area (Å²) in [6.07, 6.45) is 1.54. The molecule has 0 spiro atoms. The highest BCUT2D eigenvalue weighted by molar-refractivity contribution is 7.09. The normalized spacial score (nSPS) is 24.8. The van der Waals surface area contributed by atoms with E-state index >= 15 is 0 Å². The van der Waals surface area contributed by atoms with E-state index in [1.54, 1.807) is 0 Å². The van der Waals surface area contributed by atoms with E-state index in [0.29, 0.717) is 5.01 Å². The van der Waals surface area contributed by atoms with Crippen LogP contribution in [-0.2, 0) is 15.1 Å². The molecule has 0 aliphatic carbocycles. The number of nitrogens with zero attached hydrogens (tertiary/aromatic N) is 1. The van der Waals surface area contributed by atoms with Gasteiger partial charge < -0.3 is 14.6 Å². The lowest BCUT2D eigenvalue weighted by Crippen LogP contribution is -2.49. The van der Waals surface area contributed by atoms with Gasteiger partial charge in [0.2, 0.25) is 0 Å². The summed E-state index contributed by atoms with van der Waals surface area (Å²) in [5.74, 6) is -0.618. The molecule has 5 heteroatoms. The fourth-order valence-corrected chi connectivity index (χ4v) is 1.83. The summed E-state index contributed by atoms with van der Waals surface area (Å²) in [5, 5.41) is 13.6. The quantitative estimate of drug-likeness (QED) is 0.755. The van der Waals surface area contributed by atoms with Gasteiger partial charge in [-0.15, -0.1) is 11.3 Å². The highest BCUT2D eigenvalue weighted by Gasteiger charge is 2.41. The fourth-order valence-electron chi connectivity index (χ4n) is 1.20. The molecule has 0 atom stereocenters. The first-order valence-electron chi connectivity index (χ1n) is 4.35. The largest absolute Gasteiger partial charge is 0.378 e. The van der Waals surface area contributed by atoms with Gasteiger partial charge in [0.15, 0.2) is 11.4 Å². The van der Waals surface area contributed by atoms with Crippen LogP contribution in [-0.4, -0.2) is 29.1 Å². The van der Waals surface area contributed by atoms with Crippen LogP contribution in [0.15, 0.2) is 6.20 Å². The summed E-state index contributed by atoms with van der Waals surface area (Å²) < 4.78 is 10.8. The molecule has 1 aliphatic rings. The lowest BCUT2D eigenvalue weighted by Gasteiger charge is -2.39. The minimum Gasteiger partial charge on any atom is -0.378 e. The summed E-state index contributed by atoms with van der Waals surface area (Å²) in [7, 11) is 0. The van der Waals surface area contributed by atoms with Crippen LogP contribution in [0.4, 0.5) is 0 Å². The molecule has 77 valence electrons. The molecular weight excluding hydrogens is 202 g/mol. The smallest absolute Gasteiger partial charge is 0.163 e. The van der Waals surface area contributed by atoms with Gasteiger partial charge in [0.25, 0.3) is 0 Å². The number of rotatable bonds is 1. The summed E-state index contributed by atoms with van der Waals surface area (Å²) in [6, 6.07) is 0. The van der Waals surface area contributed by atoms with Crippen molar-refractivity contribution in [3.05, 3.63) is 16.6 Å². The van der Waals surface area contributed by atoms with Crippen molar-refractivity contribution in [1.82, 2.24) is 4.98 Å². The molecule has 0 bridgehead atoms. The molecule has 1 N–H and O–H groups in total. The zero-order valence-electron chi connectivity index (χ0n) is 8.11. The Kier molecular flexibility index (Phi) is 2.35. The number of aromatic nitrogens is 1. The molecule has 1 aromatic heterocycles.